The molecule has 0 atom stereocenters. The van der Waals surface area contributed by atoms with Gasteiger partial charge in [0.05, 0.1) is 22.2 Å². The number of alkyl halides is 3. The highest BCUT2D eigenvalue weighted by Crippen LogP contribution is 2.34. The number of fused-ring (bicyclic) bond motifs is 1. The Labute approximate surface area is 149 Å². The Morgan fingerprint density at radius 2 is 1.67 bits per heavy atom. The fourth-order valence-electron chi connectivity index (χ4n) is 2.88. The lowest BCUT2D eigenvalue weighted by molar-refractivity contribution is -0.137. The van der Waals surface area contributed by atoms with Crippen LogP contribution in [0.4, 0.5) is 22.0 Å². The predicted molar refractivity (Wildman–Crippen MR) is 88.8 cm³/mol. The third-order valence-corrected chi connectivity index (χ3v) is 4.23. The van der Waals surface area contributed by atoms with E-state index in [1.54, 1.807) is 7.05 Å². The molecule has 0 unspecified atom stereocenters. The van der Waals surface area contributed by atoms with Gasteiger partial charge in [-0.1, -0.05) is 0 Å². The van der Waals surface area contributed by atoms with Crippen molar-refractivity contribution < 1.29 is 26.4 Å². The number of hydrogen-bond acceptors (Lipinski definition) is 2. The second-order valence-electron chi connectivity index (χ2n) is 5.98. The van der Waals surface area contributed by atoms with Gasteiger partial charge in [-0.15, -0.1) is 0 Å². The number of rotatable bonds is 2. The Bertz CT molecular complexity index is 1160. The van der Waals surface area contributed by atoms with Crippen LogP contribution < -0.4 is 0 Å². The zero-order chi connectivity index (χ0) is 19.3. The fourth-order valence-corrected chi connectivity index (χ4v) is 2.88. The number of imidazole rings is 1. The molecular formula is C19H11F5N2O. The van der Waals surface area contributed by atoms with Crippen LogP contribution in [0.25, 0.3) is 33.9 Å². The van der Waals surface area contributed by atoms with Crippen molar-refractivity contribution >= 4 is 11.0 Å². The first-order valence-electron chi connectivity index (χ1n) is 7.83. The van der Waals surface area contributed by atoms with Gasteiger partial charge in [0.1, 0.15) is 17.4 Å². The number of hydrogen-bond donors (Lipinski definition) is 0. The monoisotopic (exact) mass is 378 g/mol. The topological polar surface area (TPSA) is 31.0 Å². The molecule has 2 heterocycles. The van der Waals surface area contributed by atoms with E-state index in [9.17, 15) is 22.0 Å². The third kappa shape index (κ3) is 2.97. The van der Waals surface area contributed by atoms with Crippen LogP contribution in [0, 0.1) is 11.6 Å². The second kappa shape index (κ2) is 5.94. The zero-order valence-corrected chi connectivity index (χ0v) is 13.8. The van der Waals surface area contributed by atoms with Gasteiger partial charge in [-0.2, -0.15) is 13.2 Å². The lowest BCUT2D eigenvalue weighted by atomic mass is 10.1. The van der Waals surface area contributed by atoms with Crippen molar-refractivity contribution in [3.05, 3.63) is 65.7 Å². The van der Waals surface area contributed by atoms with Gasteiger partial charge in [0.25, 0.3) is 0 Å². The van der Waals surface area contributed by atoms with Crippen molar-refractivity contribution in [1.29, 1.82) is 0 Å². The molecule has 2 aromatic carbocycles. The van der Waals surface area contributed by atoms with Gasteiger partial charge in [-0.05, 0) is 42.5 Å². The molecule has 0 N–H and O–H groups in total. The molecule has 4 rings (SSSR count). The van der Waals surface area contributed by atoms with Gasteiger partial charge in [-0.25, -0.2) is 13.8 Å². The number of benzene rings is 2. The van der Waals surface area contributed by atoms with Gasteiger partial charge >= 0.3 is 6.18 Å². The fraction of sp³-hybridized carbons (Fsp3) is 0.105. The minimum Gasteiger partial charge on any atom is -0.453 e. The quantitative estimate of drug-likeness (QED) is 0.413. The van der Waals surface area contributed by atoms with Crippen LogP contribution >= 0.6 is 0 Å². The number of nitrogens with zero attached hydrogens (tertiary/aromatic N) is 2. The summed E-state index contributed by atoms with van der Waals surface area (Å²) >= 11 is 0. The summed E-state index contributed by atoms with van der Waals surface area (Å²) in [7, 11) is 1.56. The summed E-state index contributed by atoms with van der Waals surface area (Å²) in [5.74, 6) is -0.792. The lowest BCUT2D eigenvalue weighted by Crippen LogP contribution is -2.04. The lowest BCUT2D eigenvalue weighted by Gasteiger charge is -2.06. The Balaban J connectivity index is 1.79. The summed E-state index contributed by atoms with van der Waals surface area (Å²) < 4.78 is 72.8. The average Bonchev–Trinajstić information content (AvgIpc) is 3.19. The van der Waals surface area contributed by atoms with Crippen LogP contribution in [0.1, 0.15) is 5.56 Å². The van der Waals surface area contributed by atoms with Crippen molar-refractivity contribution in [3.63, 3.8) is 0 Å². The van der Waals surface area contributed by atoms with E-state index < -0.39 is 23.4 Å². The van der Waals surface area contributed by atoms with E-state index in [2.05, 4.69) is 4.98 Å². The maximum absolute atomic E-state index is 13.9. The molecule has 4 aromatic rings. The zero-order valence-electron chi connectivity index (χ0n) is 13.8. The summed E-state index contributed by atoms with van der Waals surface area (Å²) in [5.41, 5.74) is -0.0593. The minimum atomic E-state index is -4.46. The normalized spacial score (nSPS) is 12.1. The standard InChI is InChI=1S/C19H11F5N2O/c1-26-15-8-10(19(22,23)24)2-5-14(15)25-18(26)17-7-6-16(27-17)12-4-3-11(20)9-13(12)21/h2-9H,1H3. The largest absolute Gasteiger partial charge is 0.453 e. The molecule has 0 saturated heterocycles. The molecule has 0 bridgehead atoms. The molecule has 2 aromatic heterocycles. The highest BCUT2D eigenvalue weighted by Gasteiger charge is 2.31. The first-order valence-corrected chi connectivity index (χ1v) is 7.83. The van der Waals surface area contributed by atoms with Gasteiger partial charge < -0.3 is 8.98 Å². The van der Waals surface area contributed by atoms with E-state index in [1.807, 2.05) is 0 Å². The summed E-state index contributed by atoms with van der Waals surface area (Å²) in [4.78, 5) is 4.30. The van der Waals surface area contributed by atoms with Gasteiger partial charge in [0.15, 0.2) is 11.6 Å². The van der Waals surface area contributed by atoms with E-state index in [1.165, 1.54) is 28.8 Å². The number of halogens is 5. The van der Waals surface area contributed by atoms with Gasteiger partial charge in [0.2, 0.25) is 0 Å². The maximum atomic E-state index is 13.9. The van der Waals surface area contributed by atoms with Crippen LogP contribution in [0.5, 0.6) is 0 Å². The smallest absolute Gasteiger partial charge is 0.416 e. The highest BCUT2D eigenvalue weighted by molar-refractivity contribution is 5.81. The van der Waals surface area contributed by atoms with Crippen LogP contribution in [0.3, 0.4) is 0 Å². The maximum Gasteiger partial charge on any atom is 0.416 e. The van der Waals surface area contributed by atoms with E-state index in [0.717, 1.165) is 24.3 Å². The number of aryl methyl sites for hydroxylation is 1. The minimum absolute atomic E-state index is 0.0702. The van der Waals surface area contributed by atoms with Crippen molar-refractivity contribution in [2.24, 2.45) is 7.05 Å². The molecular weight excluding hydrogens is 367 g/mol. The first-order chi connectivity index (χ1) is 12.7. The first kappa shape index (κ1) is 17.3. The molecule has 8 heteroatoms. The van der Waals surface area contributed by atoms with Gasteiger partial charge in [-0.3, -0.25) is 0 Å². The van der Waals surface area contributed by atoms with E-state index in [4.69, 9.17) is 4.42 Å². The Hall–Kier alpha value is -3.16. The van der Waals surface area contributed by atoms with E-state index in [0.29, 0.717) is 5.52 Å². The molecule has 138 valence electrons. The van der Waals surface area contributed by atoms with Crippen molar-refractivity contribution in [2.75, 3.05) is 0 Å². The van der Waals surface area contributed by atoms with Crippen molar-refractivity contribution in [1.82, 2.24) is 9.55 Å². The van der Waals surface area contributed by atoms with Crippen LogP contribution in [0.15, 0.2) is 52.9 Å². The van der Waals surface area contributed by atoms with Crippen LogP contribution in [0.2, 0.25) is 0 Å². The van der Waals surface area contributed by atoms with Crippen molar-refractivity contribution in [3.8, 4) is 22.9 Å². The molecule has 0 aliphatic rings. The number of aromatic nitrogens is 2. The Morgan fingerprint density at radius 3 is 2.37 bits per heavy atom. The molecule has 27 heavy (non-hydrogen) atoms. The van der Waals surface area contributed by atoms with Gasteiger partial charge in [0, 0.05) is 13.1 Å². The van der Waals surface area contributed by atoms with Crippen LogP contribution in [-0.2, 0) is 13.2 Å². The molecule has 0 amide bonds. The molecule has 0 fully saturated rings. The number of furan rings is 1. The summed E-state index contributed by atoms with van der Waals surface area (Å²) in [5, 5.41) is 0. The van der Waals surface area contributed by atoms with Crippen molar-refractivity contribution in [2.45, 2.75) is 6.18 Å². The average molecular weight is 378 g/mol. The Morgan fingerprint density at radius 1 is 0.926 bits per heavy atom. The summed E-state index contributed by atoms with van der Waals surface area (Å²) in [6, 6.07) is 9.37. The van der Waals surface area contributed by atoms with Crippen LogP contribution in [-0.4, -0.2) is 9.55 Å². The molecule has 0 radical (unpaired) electrons. The SMILES string of the molecule is Cn1c(-c2ccc(-c3ccc(F)cc3F)o2)nc2ccc(C(F)(F)F)cc21. The molecule has 3 nitrogen and oxygen atoms in total. The third-order valence-electron chi connectivity index (χ3n) is 4.23. The summed E-state index contributed by atoms with van der Waals surface area (Å²) in [6.45, 7) is 0. The molecule has 0 aliphatic carbocycles. The predicted octanol–water partition coefficient (Wildman–Crippen LogP) is 5.80. The van der Waals surface area contributed by atoms with E-state index >= 15 is 0 Å². The molecule has 0 aliphatic heterocycles. The highest BCUT2D eigenvalue weighted by atomic mass is 19.4. The van der Waals surface area contributed by atoms with E-state index in [-0.39, 0.29) is 28.4 Å². The second-order valence-corrected chi connectivity index (χ2v) is 5.98. The summed E-state index contributed by atoms with van der Waals surface area (Å²) in [6.07, 6.45) is -4.46. The Kier molecular flexibility index (Phi) is 3.80. The molecule has 0 spiro atoms. The molecule has 0 saturated carbocycles.